The zero-order valence-corrected chi connectivity index (χ0v) is 17.3. The smallest absolute Gasteiger partial charge is 0.224 e. The summed E-state index contributed by atoms with van der Waals surface area (Å²) in [7, 11) is 0. The first-order valence-corrected chi connectivity index (χ1v) is 10.8. The highest BCUT2D eigenvalue weighted by Crippen LogP contribution is 2.19. The lowest BCUT2D eigenvalue weighted by Gasteiger charge is -2.32. The molecule has 2 amide bonds. The van der Waals surface area contributed by atoms with Gasteiger partial charge in [-0.05, 0) is 42.3 Å². The molecule has 5 nitrogen and oxygen atoms in total. The molecule has 1 atom stereocenters. The van der Waals surface area contributed by atoms with Crippen molar-refractivity contribution < 1.29 is 9.59 Å². The summed E-state index contributed by atoms with van der Waals surface area (Å²) in [5.41, 5.74) is 2.44. The Labute approximate surface area is 177 Å². The molecule has 0 spiro atoms. The van der Waals surface area contributed by atoms with E-state index < -0.39 is 0 Å². The van der Waals surface area contributed by atoms with Gasteiger partial charge < -0.3 is 14.8 Å². The quantitative estimate of drug-likeness (QED) is 0.584. The number of aryl methyl sites for hydroxylation is 1. The molecule has 0 bridgehead atoms. The molecule has 1 saturated heterocycles. The molecule has 156 valence electrons. The predicted molar refractivity (Wildman–Crippen MR) is 119 cm³/mol. The summed E-state index contributed by atoms with van der Waals surface area (Å²) in [6, 6.07) is 20.6. The van der Waals surface area contributed by atoms with Crippen LogP contribution in [0.25, 0.3) is 10.9 Å². The van der Waals surface area contributed by atoms with Crippen LogP contribution in [0.4, 0.5) is 0 Å². The number of carbonyl (C=O) groups is 2. The molecule has 2 aromatic carbocycles. The second kappa shape index (κ2) is 9.61. The Morgan fingerprint density at radius 1 is 1.00 bits per heavy atom. The molecule has 3 aromatic rings. The number of nitrogens with one attached hydrogen (secondary N) is 1. The van der Waals surface area contributed by atoms with Crippen LogP contribution in [-0.4, -0.2) is 40.9 Å². The van der Waals surface area contributed by atoms with E-state index in [1.54, 1.807) is 0 Å². The summed E-state index contributed by atoms with van der Waals surface area (Å²) in [6.07, 6.45) is 4.92. The van der Waals surface area contributed by atoms with Gasteiger partial charge in [-0.15, -0.1) is 0 Å². The third-order valence-electron chi connectivity index (χ3n) is 5.94. The standard InChI is InChI=1S/C25H29N3O2/c29-24-12-11-22(19-28(24)17-13-20-7-2-1-3-8-20)25(30)26-15-6-16-27-18-14-21-9-4-5-10-23(21)27/h1-5,7-10,14,18,22H,6,11-13,15-17,19H2,(H,26,30)/t22-/m0/s1. The number of fused-ring (bicyclic) bond motifs is 1. The number of benzene rings is 2. The van der Waals surface area contributed by atoms with Gasteiger partial charge in [-0.2, -0.15) is 0 Å². The second-order valence-electron chi connectivity index (χ2n) is 8.02. The summed E-state index contributed by atoms with van der Waals surface area (Å²) < 4.78 is 2.23. The average molecular weight is 404 g/mol. The van der Waals surface area contributed by atoms with Gasteiger partial charge in [0.15, 0.2) is 0 Å². The minimum atomic E-state index is -0.106. The number of aromatic nitrogens is 1. The van der Waals surface area contributed by atoms with E-state index in [-0.39, 0.29) is 17.7 Å². The lowest BCUT2D eigenvalue weighted by Crippen LogP contribution is -2.46. The first-order valence-electron chi connectivity index (χ1n) is 10.8. The number of carbonyl (C=O) groups excluding carboxylic acids is 2. The van der Waals surface area contributed by atoms with Gasteiger partial charge in [-0.3, -0.25) is 9.59 Å². The average Bonchev–Trinajstić information content (AvgIpc) is 3.20. The SMILES string of the molecule is O=C(NCCCn1ccc2ccccc21)[C@H]1CCC(=O)N(CCc2ccccc2)C1. The maximum absolute atomic E-state index is 12.6. The lowest BCUT2D eigenvalue weighted by atomic mass is 9.96. The maximum Gasteiger partial charge on any atom is 0.224 e. The molecule has 1 aliphatic rings. The second-order valence-corrected chi connectivity index (χ2v) is 8.02. The maximum atomic E-state index is 12.6. The first kappa shape index (κ1) is 20.2. The summed E-state index contributed by atoms with van der Waals surface area (Å²) in [5, 5.41) is 4.32. The molecule has 1 N–H and O–H groups in total. The van der Waals surface area contributed by atoms with Crippen LogP contribution in [0.1, 0.15) is 24.8 Å². The highest BCUT2D eigenvalue weighted by atomic mass is 16.2. The van der Waals surface area contributed by atoms with Crippen LogP contribution >= 0.6 is 0 Å². The zero-order valence-electron chi connectivity index (χ0n) is 17.3. The fraction of sp³-hybridized carbons (Fsp3) is 0.360. The van der Waals surface area contributed by atoms with Crippen molar-refractivity contribution >= 4 is 22.7 Å². The lowest BCUT2D eigenvalue weighted by molar-refractivity contribution is -0.138. The molecule has 0 unspecified atom stereocenters. The largest absolute Gasteiger partial charge is 0.356 e. The van der Waals surface area contributed by atoms with Crippen LogP contribution in [0.5, 0.6) is 0 Å². The molecular formula is C25H29N3O2. The van der Waals surface area contributed by atoms with E-state index in [0.29, 0.717) is 32.5 Å². The number of para-hydroxylation sites is 1. The van der Waals surface area contributed by atoms with Crippen LogP contribution in [0.2, 0.25) is 0 Å². The molecule has 1 fully saturated rings. The van der Waals surface area contributed by atoms with E-state index in [4.69, 9.17) is 0 Å². The van der Waals surface area contributed by atoms with Gasteiger partial charge >= 0.3 is 0 Å². The van der Waals surface area contributed by atoms with E-state index in [1.165, 1.54) is 16.5 Å². The highest BCUT2D eigenvalue weighted by molar-refractivity contribution is 5.84. The fourth-order valence-electron chi connectivity index (χ4n) is 4.19. The highest BCUT2D eigenvalue weighted by Gasteiger charge is 2.29. The number of amides is 2. The Kier molecular flexibility index (Phi) is 6.47. The van der Waals surface area contributed by atoms with Crippen molar-refractivity contribution in [1.82, 2.24) is 14.8 Å². The number of rotatable bonds is 8. The van der Waals surface area contributed by atoms with Gasteiger partial charge in [0.1, 0.15) is 0 Å². The minimum absolute atomic E-state index is 0.0737. The molecule has 0 radical (unpaired) electrons. The molecule has 4 rings (SSSR count). The first-order chi connectivity index (χ1) is 14.7. The molecule has 30 heavy (non-hydrogen) atoms. The van der Waals surface area contributed by atoms with Gasteiger partial charge in [0.25, 0.3) is 0 Å². The summed E-state index contributed by atoms with van der Waals surface area (Å²) in [4.78, 5) is 26.8. The Hall–Kier alpha value is -3.08. The normalized spacial score (nSPS) is 16.7. The zero-order chi connectivity index (χ0) is 20.8. The Morgan fingerprint density at radius 3 is 2.67 bits per heavy atom. The third-order valence-corrected chi connectivity index (χ3v) is 5.94. The number of nitrogens with zero attached hydrogens (tertiary/aromatic N) is 2. The molecule has 1 aromatic heterocycles. The van der Waals surface area contributed by atoms with Crippen molar-refractivity contribution in [2.45, 2.75) is 32.2 Å². The predicted octanol–water partition coefficient (Wildman–Crippen LogP) is 3.63. The van der Waals surface area contributed by atoms with Crippen LogP contribution in [0.3, 0.4) is 0 Å². The monoisotopic (exact) mass is 403 g/mol. The Bertz CT molecular complexity index is 996. The number of likely N-dealkylation sites (tertiary alicyclic amines) is 1. The van der Waals surface area contributed by atoms with Gasteiger partial charge in [0, 0.05) is 44.3 Å². The van der Waals surface area contributed by atoms with E-state index in [1.807, 2.05) is 29.2 Å². The third kappa shape index (κ3) is 4.90. The number of piperidine rings is 1. The van der Waals surface area contributed by atoms with Crippen molar-refractivity contribution in [2.24, 2.45) is 5.92 Å². The van der Waals surface area contributed by atoms with Crippen molar-refractivity contribution in [3.05, 3.63) is 72.4 Å². The molecule has 0 aliphatic carbocycles. The van der Waals surface area contributed by atoms with Gasteiger partial charge in [-0.25, -0.2) is 0 Å². The number of hydrogen-bond acceptors (Lipinski definition) is 2. The summed E-state index contributed by atoms with van der Waals surface area (Å²) >= 11 is 0. The molecule has 2 heterocycles. The molecule has 0 saturated carbocycles. The summed E-state index contributed by atoms with van der Waals surface area (Å²) in [6.45, 7) is 2.73. The van der Waals surface area contributed by atoms with Crippen molar-refractivity contribution in [2.75, 3.05) is 19.6 Å². The van der Waals surface area contributed by atoms with Crippen LogP contribution in [0, 0.1) is 5.92 Å². The van der Waals surface area contributed by atoms with Gasteiger partial charge in [0.2, 0.25) is 11.8 Å². The van der Waals surface area contributed by atoms with E-state index in [0.717, 1.165) is 19.4 Å². The van der Waals surface area contributed by atoms with Crippen molar-refractivity contribution in [3.8, 4) is 0 Å². The molecular weight excluding hydrogens is 374 g/mol. The van der Waals surface area contributed by atoms with Gasteiger partial charge in [-0.1, -0.05) is 48.5 Å². The van der Waals surface area contributed by atoms with Crippen LogP contribution in [-0.2, 0) is 22.6 Å². The molecule has 1 aliphatic heterocycles. The van der Waals surface area contributed by atoms with Crippen molar-refractivity contribution in [1.29, 1.82) is 0 Å². The van der Waals surface area contributed by atoms with Crippen LogP contribution < -0.4 is 5.32 Å². The topological polar surface area (TPSA) is 54.3 Å². The van der Waals surface area contributed by atoms with E-state index in [9.17, 15) is 9.59 Å². The Balaban J connectivity index is 1.22. The minimum Gasteiger partial charge on any atom is -0.356 e. The van der Waals surface area contributed by atoms with E-state index >= 15 is 0 Å². The van der Waals surface area contributed by atoms with E-state index in [2.05, 4.69) is 52.5 Å². The van der Waals surface area contributed by atoms with Crippen molar-refractivity contribution in [3.63, 3.8) is 0 Å². The van der Waals surface area contributed by atoms with Crippen LogP contribution in [0.15, 0.2) is 66.9 Å². The van der Waals surface area contributed by atoms with Gasteiger partial charge in [0.05, 0.1) is 5.92 Å². The summed E-state index contributed by atoms with van der Waals surface area (Å²) in [5.74, 6) is 0.130. The Morgan fingerprint density at radius 2 is 1.80 bits per heavy atom. The molecule has 5 heteroatoms. The number of hydrogen-bond donors (Lipinski definition) is 1. The fourth-order valence-corrected chi connectivity index (χ4v) is 4.19.